The fourth-order valence-electron chi connectivity index (χ4n) is 2.66. The maximum atomic E-state index is 12.2. The minimum absolute atomic E-state index is 0. The zero-order valence-electron chi connectivity index (χ0n) is 11.8. The number of nitrogens with two attached hydrogens (primary N) is 1. The van der Waals surface area contributed by atoms with Crippen molar-refractivity contribution in [1.82, 2.24) is 5.32 Å². The van der Waals surface area contributed by atoms with Gasteiger partial charge in [0, 0.05) is 16.6 Å². The summed E-state index contributed by atoms with van der Waals surface area (Å²) in [7, 11) is 0. The highest BCUT2D eigenvalue weighted by atomic mass is 35.5. The average molecular weight is 352 g/mol. The first kappa shape index (κ1) is 18.6. The second kappa shape index (κ2) is 8.23. The van der Waals surface area contributed by atoms with Gasteiger partial charge in [0.05, 0.1) is 5.54 Å². The van der Waals surface area contributed by atoms with Gasteiger partial charge in [-0.25, -0.2) is 0 Å². The largest absolute Gasteiger partial charge is 0.354 e. The Bertz CT molecular complexity index is 468. The molecule has 1 aliphatic carbocycles. The lowest BCUT2D eigenvalue weighted by Gasteiger charge is -2.31. The van der Waals surface area contributed by atoms with Crippen molar-refractivity contribution < 1.29 is 4.79 Å². The SMILES string of the molecule is Cl.NC1(C(=O)NCCc2c(Cl)cccc2Cl)CCCCC1. The molecule has 0 radical (unpaired) electrons. The van der Waals surface area contributed by atoms with Crippen molar-refractivity contribution in [2.75, 3.05) is 6.54 Å². The quantitative estimate of drug-likeness (QED) is 0.868. The molecule has 21 heavy (non-hydrogen) atoms. The maximum Gasteiger partial charge on any atom is 0.240 e. The molecule has 3 N–H and O–H groups in total. The van der Waals surface area contributed by atoms with E-state index in [1.54, 1.807) is 12.1 Å². The number of hydrogen-bond acceptors (Lipinski definition) is 2. The van der Waals surface area contributed by atoms with E-state index in [0.29, 0.717) is 23.0 Å². The van der Waals surface area contributed by atoms with Crippen molar-refractivity contribution in [2.24, 2.45) is 5.73 Å². The number of hydrogen-bond donors (Lipinski definition) is 2. The van der Waals surface area contributed by atoms with E-state index >= 15 is 0 Å². The second-order valence-electron chi connectivity index (χ2n) is 5.42. The van der Waals surface area contributed by atoms with Gasteiger partial charge in [-0.05, 0) is 37.0 Å². The van der Waals surface area contributed by atoms with Gasteiger partial charge in [-0.15, -0.1) is 12.4 Å². The van der Waals surface area contributed by atoms with Crippen LogP contribution >= 0.6 is 35.6 Å². The molecule has 0 aliphatic heterocycles. The smallest absolute Gasteiger partial charge is 0.240 e. The molecule has 118 valence electrons. The predicted octanol–water partition coefficient (Wildman–Crippen LogP) is 3.74. The summed E-state index contributed by atoms with van der Waals surface area (Å²) in [5, 5.41) is 4.18. The molecule has 1 aromatic carbocycles. The van der Waals surface area contributed by atoms with Crippen LogP contribution < -0.4 is 11.1 Å². The average Bonchev–Trinajstić information content (AvgIpc) is 2.42. The van der Waals surface area contributed by atoms with Crippen LogP contribution in [0.4, 0.5) is 0 Å². The van der Waals surface area contributed by atoms with Crippen molar-refractivity contribution in [1.29, 1.82) is 0 Å². The van der Waals surface area contributed by atoms with Crippen LogP contribution in [0.15, 0.2) is 18.2 Å². The van der Waals surface area contributed by atoms with Gasteiger partial charge in [-0.1, -0.05) is 48.5 Å². The number of benzene rings is 1. The van der Waals surface area contributed by atoms with Crippen molar-refractivity contribution >= 4 is 41.5 Å². The minimum atomic E-state index is -0.692. The molecule has 6 heteroatoms. The fraction of sp³-hybridized carbons (Fsp3) is 0.533. The molecule has 1 saturated carbocycles. The van der Waals surface area contributed by atoms with Gasteiger partial charge in [0.15, 0.2) is 0 Å². The van der Waals surface area contributed by atoms with Gasteiger partial charge in [0.2, 0.25) is 5.91 Å². The monoisotopic (exact) mass is 350 g/mol. The summed E-state index contributed by atoms with van der Waals surface area (Å²) < 4.78 is 0. The van der Waals surface area contributed by atoms with E-state index in [4.69, 9.17) is 28.9 Å². The zero-order valence-corrected chi connectivity index (χ0v) is 14.2. The Hall–Kier alpha value is -0.480. The van der Waals surface area contributed by atoms with E-state index in [0.717, 1.165) is 31.2 Å². The van der Waals surface area contributed by atoms with Crippen molar-refractivity contribution in [3.05, 3.63) is 33.8 Å². The molecule has 0 saturated heterocycles. The van der Waals surface area contributed by atoms with Crippen molar-refractivity contribution in [3.8, 4) is 0 Å². The molecule has 1 aliphatic rings. The third kappa shape index (κ3) is 4.75. The molecule has 0 bridgehead atoms. The van der Waals surface area contributed by atoms with Crippen LogP contribution in [-0.4, -0.2) is 18.0 Å². The standard InChI is InChI=1S/C15H20Cl2N2O.ClH/c16-12-5-4-6-13(17)11(12)7-10-19-14(20)15(18)8-2-1-3-9-15;/h4-6H,1-3,7-10,18H2,(H,19,20);1H. The molecule has 3 nitrogen and oxygen atoms in total. The third-order valence-corrected chi connectivity index (χ3v) is 4.63. The zero-order chi connectivity index (χ0) is 14.6. The summed E-state index contributed by atoms with van der Waals surface area (Å²) in [5.74, 6) is -0.0552. The van der Waals surface area contributed by atoms with Crippen LogP contribution in [0, 0.1) is 0 Å². The lowest BCUT2D eigenvalue weighted by Crippen LogP contribution is -2.55. The minimum Gasteiger partial charge on any atom is -0.354 e. The molecule has 1 aromatic rings. The van der Waals surface area contributed by atoms with Crippen molar-refractivity contribution in [2.45, 2.75) is 44.1 Å². The summed E-state index contributed by atoms with van der Waals surface area (Å²) in [5.41, 5.74) is 6.35. The van der Waals surface area contributed by atoms with Gasteiger partial charge in [0.25, 0.3) is 0 Å². The highest BCUT2D eigenvalue weighted by molar-refractivity contribution is 6.35. The fourth-order valence-corrected chi connectivity index (χ4v) is 3.24. The normalized spacial score (nSPS) is 16.9. The highest BCUT2D eigenvalue weighted by Gasteiger charge is 2.34. The van der Waals surface area contributed by atoms with E-state index in [9.17, 15) is 4.79 Å². The Labute approximate surface area is 142 Å². The van der Waals surface area contributed by atoms with E-state index in [1.165, 1.54) is 6.42 Å². The van der Waals surface area contributed by atoms with Crippen LogP contribution in [0.3, 0.4) is 0 Å². The number of carbonyl (C=O) groups is 1. The summed E-state index contributed by atoms with van der Waals surface area (Å²) in [4.78, 5) is 12.2. The van der Waals surface area contributed by atoms with Crippen LogP contribution in [0.1, 0.15) is 37.7 Å². The van der Waals surface area contributed by atoms with Crippen molar-refractivity contribution in [3.63, 3.8) is 0 Å². The molecular formula is C15H21Cl3N2O. The van der Waals surface area contributed by atoms with Crippen LogP contribution in [0.25, 0.3) is 0 Å². The number of amides is 1. The Morgan fingerprint density at radius 2 is 1.76 bits per heavy atom. The Kier molecular flexibility index (Phi) is 7.28. The first-order valence-electron chi connectivity index (χ1n) is 7.03. The molecule has 0 unspecified atom stereocenters. The molecule has 1 amide bonds. The summed E-state index contributed by atoms with van der Waals surface area (Å²) in [6.45, 7) is 0.501. The highest BCUT2D eigenvalue weighted by Crippen LogP contribution is 2.26. The Balaban J connectivity index is 0.00000220. The molecule has 0 aromatic heterocycles. The van der Waals surface area contributed by atoms with E-state index in [-0.39, 0.29) is 18.3 Å². The van der Waals surface area contributed by atoms with E-state index in [2.05, 4.69) is 5.32 Å². The van der Waals surface area contributed by atoms with Gasteiger partial charge < -0.3 is 11.1 Å². The van der Waals surface area contributed by atoms with Crippen LogP contribution in [0.5, 0.6) is 0 Å². The predicted molar refractivity (Wildman–Crippen MR) is 90.4 cm³/mol. The third-order valence-electron chi connectivity index (χ3n) is 3.92. The summed E-state index contributed by atoms with van der Waals surface area (Å²) in [6, 6.07) is 5.41. The molecule has 2 rings (SSSR count). The molecular weight excluding hydrogens is 331 g/mol. The van der Waals surface area contributed by atoms with E-state index in [1.807, 2.05) is 6.07 Å². The number of rotatable bonds is 4. The van der Waals surface area contributed by atoms with E-state index < -0.39 is 5.54 Å². The summed E-state index contributed by atoms with van der Waals surface area (Å²) >= 11 is 12.2. The topological polar surface area (TPSA) is 55.1 Å². The lowest BCUT2D eigenvalue weighted by molar-refractivity contribution is -0.127. The lowest BCUT2D eigenvalue weighted by atomic mass is 9.82. The van der Waals surface area contributed by atoms with Crippen LogP contribution in [0.2, 0.25) is 10.0 Å². The second-order valence-corrected chi connectivity index (χ2v) is 6.24. The number of carbonyl (C=O) groups excluding carboxylic acids is 1. The Morgan fingerprint density at radius 1 is 1.19 bits per heavy atom. The molecule has 0 heterocycles. The number of nitrogens with one attached hydrogen (secondary N) is 1. The first-order chi connectivity index (χ1) is 9.53. The molecule has 0 spiro atoms. The van der Waals surface area contributed by atoms with Gasteiger partial charge in [-0.2, -0.15) is 0 Å². The first-order valence-corrected chi connectivity index (χ1v) is 7.78. The maximum absolute atomic E-state index is 12.2. The number of halogens is 3. The van der Waals surface area contributed by atoms with Crippen LogP contribution in [-0.2, 0) is 11.2 Å². The molecule has 1 fully saturated rings. The Morgan fingerprint density at radius 3 is 2.33 bits per heavy atom. The van der Waals surface area contributed by atoms with Gasteiger partial charge >= 0.3 is 0 Å². The molecule has 0 atom stereocenters. The summed E-state index contributed by atoms with van der Waals surface area (Å²) in [6.07, 6.45) is 5.37. The van der Waals surface area contributed by atoms with Gasteiger partial charge in [-0.3, -0.25) is 4.79 Å². The van der Waals surface area contributed by atoms with Gasteiger partial charge in [0.1, 0.15) is 0 Å².